The number of amides is 6. The smallest absolute Gasteiger partial charge is 0.261 e. The predicted molar refractivity (Wildman–Crippen MR) is 350 cm³/mol. The maximum Gasteiger partial charge on any atom is 0.261 e. The molecule has 22 nitrogen and oxygen atoms in total. The highest BCUT2D eigenvalue weighted by Gasteiger charge is 2.13. The number of phenols is 7. The van der Waals surface area contributed by atoms with Crippen molar-refractivity contribution in [3.8, 4) is 40.2 Å². The molecule has 6 amide bonds. The van der Waals surface area contributed by atoms with E-state index in [1.807, 2.05) is 62.9 Å². The highest BCUT2D eigenvalue weighted by molar-refractivity contribution is 6.37. The highest BCUT2D eigenvalue weighted by atomic mass is 35.5. The van der Waals surface area contributed by atoms with Crippen molar-refractivity contribution in [2.75, 3.05) is 84.2 Å². The first kappa shape index (κ1) is 77.2. The van der Waals surface area contributed by atoms with Crippen LogP contribution in [-0.4, -0.2) is 119 Å². The van der Waals surface area contributed by atoms with Crippen LogP contribution in [0.4, 0.5) is 39.8 Å². The van der Waals surface area contributed by atoms with Crippen molar-refractivity contribution < 1.29 is 64.5 Å². The third kappa shape index (κ3) is 31.1. The summed E-state index contributed by atoms with van der Waals surface area (Å²) in [5, 5.41) is 76.0. The predicted octanol–water partition coefficient (Wildman–Crippen LogP) is 10.9. The molecule has 0 aliphatic rings. The van der Waals surface area contributed by atoms with Crippen molar-refractivity contribution in [1.82, 2.24) is 10.6 Å². The lowest BCUT2D eigenvalue weighted by molar-refractivity contribution is -0.118. The number of anilines is 7. The lowest BCUT2D eigenvalue weighted by Gasteiger charge is -2.16. The first-order valence-corrected chi connectivity index (χ1v) is 27.0. The molecule has 14 N–H and O–H groups in total. The Morgan fingerprint density at radius 2 is 0.736 bits per heavy atom. The second kappa shape index (κ2) is 40.5. The number of carbonyl (C=O) groups excluding carboxylic acids is 6. The maximum absolute atomic E-state index is 11.3. The molecule has 25 heteroatoms. The molecule has 0 unspecified atom stereocenters. The van der Waals surface area contributed by atoms with E-state index in [1.54, 1.807) is 48.5 Å². The molecule has 470 valence electrons. The minimum atomic E-state index is -0.665. The van der Waals surface area contributed by atoms with Gasteiger partial charge in [-0.05, 0) is 166 Å². The van der Waals surface area contributed by atoms with Crippen molar-refractivity contribution in [3.05, 3.63) is 167 Å². The second-order valence-corrected chi connectivity index (χ2v) is 18.9. The van der Waals surface area contributed by atoms with Crippen molar-refractivity contribution in [2.24, 2.45) is 0 Å². The van der Waals surface area contributed by atoms with E-state index in [-0.39, 0.29) is 74.3 Å². The van der Waals surface area contributed by atoms with Crippen LogP contribution in [-0.2, 0) is 19.2 Å². The minimum absolute atomic E-state index is 0. The van der Waals surface area contributed by atoms with E-state index in [0.29, 0.717) is 40.0 Å². The molecule has 0 saturated heterocycles. The van der Waals surface area contributed by atoms with Crippen molar-refractivity contribution in [2.45, 2.75) is 48.5 Å². The number of nitrogens with two attached hydrogens (primary N) is 1. The molecular weight excluding hydrogens is 1190 g/mol. The van der Waals surface area contributed by atoms with Crippen LogP contribution in [0.5, 0.6) is 40.2 Å². The first-order valence-electron chi connectivity index (χ1n) is 26.2. The summed E-state index contributed by atoms with van der Waals surface area (Å²) in [5.74, 6) is -1.50. The highest BCUT2D eigenvalue weighted by Crippen LogP contribution is 2.34. The van der Waals surface area contributed by atoms with Gasteiger partial charge in [0.05, 0.1) is 21.2 Å². The molecule has 0 bridgehead atoms. The number of halogens is 3. The van der Waals surface area contributed by atoms with E-state index in [9.17, 15) is 44.1 Å². The van der Waals surface area contributed by atoms with Crippen LogP contribution in [0.1, 0.15) is 69.2 Å². The van der Waals surface area contributed by atoms with Gasteiger partial charge in [0, 0.05) is 115 Å². The standard InChI is InChI=1S/C10H12N2O3.C9H10N2O3.3C9H13NO.C8H7Cl2NO2.C8H9NO2.ClH/c1-6(13)12-7-3-4-9(14)8(5-7)10(15)11-2;1-5(12)11-9(14)7-4-6(10)2-3-8(7)13;3*1-3-10(2)8-4-6-9(11)7-5-8;1-4(12)11-5-2-6(9)8(13)7(10)3-5;1-6(10)9-7-2-4-8(11)5-3-7;/h3-5,14H,1-2H3,(H,11,15)(H,12,13);2-4,13H,10H2,1H3,(H,11,12,14);3*4-7,11H,3H2,1-2H3;2-3,13H,1H3,(H,11,12);2-5,11H,1H3,(H,9,10);1H. The fourth-order valence-corrected chi connectivity index (χ4v) is 6.84. The van der Waals surface area contributed by atoms with Crippen LogP contribution in [0.25, 0.3) is 0 Å². The number of benzene rings is 7. The van der Waals surface area contributed by atoms with E-state index in [4.69, 9.17) is 49.4 Å². The molecule has 0 atom stereocenters. The van der Waals surface area contributed by atoms with Gasteiger partial charge in [-0.2, -0.15) is 0 Å². The van der Waals surface area contributed by atoms with Crippen LogP contribution >= 0.6 is 35.6 Å². The van der Waals surface area contributed by atoms with Crippen LogP contribution in [0.3, 0.4) is 0 Å². The molecule has 0 saturated carbocycles. The van der Waals surface area contributed by atoms with Crippen molar-refractivity contribution in [3.63, 3.8) is 0 Å². The minimum Gasteiger partial charge on any atom is -0.508 e. The number of nitrogens with zero attached hydrogens (tertiary/aromatic N) is 3. The van der Waals surface area contributed by atoms with Crippen LogP contribution in [0.2, 0.25) is 10.0 Å². The van der Waals surface area contributed by atoms with E-state index in [2.05, 4.69) is 56.7 Å². The van der Waals surface area contributed by atoms with E-state index >= 15 is 0 Å². The van der Waals surface area contributed by atoms with Crippen molar-refractivity contribution >= 4 is 111 Å². The van der Waals surface area contributed by atoms with Gasteiger partial charge in [0.25, 0.3) is 11.8 Å². The molecule has 0 fully saturated rings. The maximum atomic E-state index is 11.3. The summed E-state index contributed by atoms with van der Waals surface area (Å²) in [4.78, 5) is 71.4. The van der Waals surface area contributed by atoms with Gasteiger partial charge in [-0.15, -0.1) is 12.4 Å². The summed E-state index contributed by atoms with van der Waals surface area (Å²) >= 11 is 11.2. The number of hydrogen-bond donors (Lipinski definition) is 13. The van der Waals surface area contributed by atoms with Crippen LogP contribution in [0, 0.1) is 0 Å². The Balaban J connectivity index is 0.000000993. The van der Waals surface area contributed by atoms with Gasteiger partial charge in [0.1, 0.15) is 34.5 Å². The molecule has 7 aromatic carbocycles. The molecule has 0 radical (unpaired) electrons. The quantitative estimate of drug-likeness (QED) is 0.0423. The summed E-state index contributed by atoms with van der Waals surface area (Å²) in [6, 6.07) is 39.1. The summed E-state index contributed by atoms with van der Waals surface area (Å²) < 4.78 is 0. The lowest BCUT2D eigenvalue weighted by Crippen LogP contribution is -2.28. The fourth-order valence-electron chi connectivity index (χ4n) is 6.35. The van der Waals surface area contributed by atoms with Crippen LogP contribution in [0.15, 0.2) is 146 Å². The largest absolute Gasteiger partial charge is 0.508 e. The second-order valence-electron chi connectivity index (χ2n) is 18.1. The normalized spacial score (nSPS) is 9.44. The summed E-state index contributed by atoms with van der Waals surface area (Å²) in [5.41, 5.74) is 10.9. The number of hydrogen-bond acceptors (Lipinski definition) is 17. The average Bonchev–Trinajstić information content (AvgIpc) is 3.58. The molecule has 0 heterocycles. The fraction of sp³-hybridized carbons (Fsp3) is 0.226. The number of rotatable bonds is 11. The van der Waals surface area contributed by atoms with Gasteiger partial charge in [-0.1, -0.05) is 23.2 Å². The van der Waals surface area contributed by atoms with Gasteiger partial charge in [0.2, 0.25) is 23.6 Å². The van der Waals surface area contributed by atoms with Gasteiger partial charge in [0.15, 0.2) is 5.75 Å². The first-order chi connectivity index (χ1) is 40.4. The van der Waals surface area contributed by atoms with Crippen molar-refractivity contribution in [1.29, 1.82) is 0 Å². The zero-order valence-corrected chi connectivity index (χ0v) is 52.5. The zero-order valence-electron chi connectivity index (χ0n) is 50.1. The van der Waals surface area contributed by atoms with Gasteiger partial charge >= 0.3 is 0 Å². The van der Waals surface area contributed by atoms with E-state index in [0.717, 1.165) is 36.7 Å². The Kier molecular flexibility index (Phi) is 35.9. The molecule has 0 aromatic heterocycles. The Morgan fingerprint density at radius 1 is 0.425 bits per heavy atom. The summed E-state index contributed by atoms with van der Waals surface area (Å²) in [7, 11) is 7.53. The molecular formula is C62H78Cl3N9O13. The molecule has 87 heavy (non-hydrogen) atoms. The Bertz CT molecular complexity index is 3120. The topological polar surface area (TPSA) is 340 Å². The number of imide groups is 1. The Hall–Kier alpha value is -9.77. The number of nitrogen functional groups attached to an aromatic ring is 1. The van der Waals surface area contributed by atoms with Gasteiger partial charge in [-0.3, -0.25) is 34.1 Å². The van der Waals surface area contributed by atoms with Gasteiger partial charge < -0.3 is 77.4 Å². The summed E-state index contributed by atoms with van der Waals surface area (Å²) in [6.45, 7) is 14.6. The van der Waals surface area contributed by atoms with Crippen LogP contribution < -0.4 is 47.0 Å². The SMILES string of the molecule is CC(=O)NC(=O)c1cc(N)ccc1O.CC(=O)Nc1cc(Cl)c(O)c(Cl)c1.CC(=O)Nc1ccc(O)cc1.CCN(C)c1ccc(O)cc1.CCN(C)c1ccc(O)cc1.CCN(C)c1ccc(O)cc1.CNC(=O)c1cc(NC(C)=O)ccc1O.Cl. The van der Waals surface area contributed by atoms with E-state index < -0.39 is 17.7 Å². The average molecular weight is 1260 g/mol. The number of carbonyl (C=O) groups is 6. The van der Waals surface area contributed by atoms with E-state index in [1.165, 1.54) is 95.4 Å². The number of nitrogens with one attached hydrogen (secondary N) is 5. The summed E-state index contributed by atoms with van der Waals surface area (Å²) in [6.07, 6.45) is 0. The third-order valence-corrected chi connectivity index (χ3v) is 11.7. The molecule has 7 rings (SSSR count). The lowest BCUT2D eigenvalue weighted by atomic mass is 10.1. The molecule has 0 aliphatic carbocycles. The zero-order chi connectivity index (χ0) is 65.2. The molecule has 0 aliphatic heterocycles. The number of phenolic OH excluding ortho intramolecular Hbond substituents is 7. The van der Waals surface area contributed by atoms with Gasteiger partial charge in [-0.25, -0.2) is 0 Å². The Morgan fingerprint density at radius 3 is 1.07 bits per heavy atom. The molecule has 7 aromatic rings. The molecule has 0 spiro atoms. The number of aromatic hydroxyl groups is 7. The third-order valence-electron chi connectivity index (χ3n) is 11.2. The monoisotopic (exact) mass is 1260 g/mol. The Labute approximate surface area is 523 Å².